The molecule has 1 amide bonds. The summed E-state index contributed by atoms with van der Waals surface area (Å²) in [6.45, 7) is 2.73. The minimum atomic E-state index is 0.0937. The molecule has 0 unspecified atom stereocenters. The Bertz CT molecular complexity index is 628. The fourth-order valence-electron chi connectivity index (χ4n) is 2.14. The summed E-state index contributed by atoms with van der Waals surface area (Å²) in [5, 5.41) is 3.76. The van der Waals surface area contributed by atoms with E-state index in [0.29, 0.717) is 13.0 Å². The number of aryl methyl sites for hydroxylation is 1. The van der Waals surface area contributed by atoms with Crippen LogP contribution in [0.2, 0.25) is 5.02 Å². The van der Waals surface area contributed by atoms with Crippen molar-refractivity contribution >= 4 is 29.3 Å². The zero-order chi connectivity index (χ0) is 16.5. The highest BCUT2D eigenvalue weighted by molar-refractivity contribution is 7.98. The van der Waals surface area contributed by atoms with Crippen LogP contribution in [0.25, 0.3) is 0 Å². The molecule has 1 N–H and O–H groups in total. The molecule has 2 nitrogen and oxygen atoms in total. The van der Waals surface area contributed by atoms with Crippen LogP contribution < -0.4 is 5.32 Å². The van der Waals surface area contributed by atoms with Crippen molar-refractivity contribution < 1.29 is 4.79 Å². The molecule has 0 atom stereocenters. The molecule has 2 aromatic rings. The van der Waals surface area contributed by atoms with Crippen LogP contribution in [-0.2, 0) is 23.5 Å². The fourth-order valence-corrected chi connectivity index (χ4v) is 3.37. The first-order valence-electron chi connectivity index (χ1n) is 7.84. The SMILES string of the molecule is CCc1ccc(CNC(=O)CCSCc2ccccc2Cl)cc1. The minimum absolute atomic E-state index is 0.0937. The first-order chi connectivity index (χ1) is 11.2. The highest BCUT2D eigenvalue weighted by Gasteiger charge is 2.03. The number of carbonyl (C=O) groups is 1. The zero-order valence-corrected chi connectivity index (χ0v) is 14.9. The number of thioether (sulfide) groups is 1. The summed E-state index contributed by atoms with van der Waals surface area (Å²) >= 11 is 7.84. The monoisotopic (exact) mass is 347 g/mol. The van der Waals surface area contributed by atoms with E-state index in [2.05, 4.69) is 36.5 Å². The molecule has 0 spiro atoms. The highest BCUT2D eigenvalue weighted by Crippen LogP contribution is 2.21. The lowest BCUT2D eigenvalue weighted by Gasteiger charge is -2.07. The van der Waals surface area contributed by atoms with Gasteiger partial charge in [0.05, 0.1) is 0 Å². The van der Waals surface area contributed by atoms with E-state index >= 15 is 0 Å². The lowest BCUT2D eigenvalue weighted by molar-refractivity contribution is -0.120. The van der Waals surface area contributed by atoms with Crippen LogP contribution in [-0.4, -0.2) is 11.7 Å². The lowest BCUT2D eigenvalue weighted by Crippen LogP contribution is -2.23. The average molecular weight is 348 g/mol. The van der Waals surface area contributed by atoms with Gasteiger partial charge in [-0.05, 0) is 29.2 Å². The van der Waals surface area contributed by atoms with Crippen LogP contribution in [0, 0.1) is 0 Å². The number of rotatable bonds is 8. The van der Waals surface area contributed by atoms with Gasteiger partial charge in [0.1, 0.15) is 0 Å². The van der Waals surface area contributed by atoms with Crippen LogP contribution in [0.5, 0.6) is 0 Å². The van der Waals surface area contributed by atoms with Gasteiger partial charge in [-0.1, -0.05) is 61.0 Å². The van der Waals surface area contributed by atoms with Crippen molar-refractivity contribution in [3.8, 4) is 0 Å². The molecule has 0 saturated heterocycles. The first kappa shape index (κ1) is 17.9. The summed E-state index contributed by atoms with van der Waals surface area (Å²) in [6, 6.07) is 16.2. The smallest absolute Gasteiger partial charge is 0.221 e. The van der Waals surface area contributed by atoms with Gasteiger partial charge < -0.3 is 5.32 Å². The van der Waals surface area contributed by atoms with Crippen LogP contribution in [0.4, 0.5) is 0 Å². The second-order valence-corrected chi connectivity index (χ2v) is 6.85. The number of carbonyl (C=O) groups excluding carboxylic acids is 1. The van der Waals surface area contributed by atoms with Gasteiger partial charge >= 0.3 is 0 Å². The van der Waals surface area contributed by atoms with Gasteiger partial charge in [-0.2, -0.15) is 11.8 Å². The topological polar surface area (TPSA) is 29.1 Å². The molecule has 0 saturated carbocycles. The van der Waals surface area contributed by atoms with Gasteiger partial charge in [0.15, 0.2) is 0 Å². The molecule has 2 aromatic carbocycles. The molecule has 122 valence electrons. The molecule has 0 aliphatic carbocycles. The van der Waals surface area contributed by atoms with Crippen molar-refractivity contribution in [3.63, 3.8) is 0 Å². The Kier molecular flexibility index (Phi) is 7.50. The number of nitrogens with one attached hydrogen (secondary N) is 1. The highest BCUT2D eigenvalue weighted by atomic mass is 35.5. The Balaban J connectivity index is 1.64. The van der Waals surface area contributed by atoms with Crippen molar-refractivity contribution in [2.45, 2.75) is 32.1 Å². The van der Waals surface area contributed by atoms with E-state index in [1.165, 1.54) is 5.56 Å². The van der Waals surface area contributed by atoms with E-state index in [-0.39, 0.29) is 5.91 Å². The second kappa shape index (κ2) is 9.64. The van der Waals surface area contributed by atoms with Crippen LogP contribution in [0.1, 0.15) is 30.0 Å². The molecule has 0 aliphatic heterocycles. The predicted octanol–water partition coefficient (Wildman–Crippen LogP) is 4.84. The van der Waals surface area contributed by atoms with E-state index in [1.807, 2.05) is 24.3 Å². The van der Waals surface area contributed by atoms with Crippen LogP contribution in [0.15, 0.2) is 48.5 Å². The van der Waals surface area contributed by atoms with E-state index in [0.717, 1.165) is 34.1 Å². The minimum Gasteiger partial charge on any atom is -0.352 e. The summed E-state index contributed by atoms with van der Waals surface area (Å²) < 4.78 is 0. The van der Waals surface area contributed by atoms with Crippen molar-refractivity contribution in [1.29, 1.82) is 0 Å². The third-order valence-electron chi connectivity index (χ3n) is 3.61. The van der Waals surface area contributed by atoms with Crippen molar-refractivity contribution in [1.82, 2.24) is 5.32 Å². The Morgan fingerprint density at radius 2 is 1.78 bits per heavy atom. The van der Waals surface area contributed by atoms with Crippen molar-refractivity contribution in [3.05, 3.63) is 70.2 Å². The standard InChI is InChI=1S/C19H22ClNOS/c1-2-15-7-9-16(10-8-15)13-21-19(22)11-12-23-14-17-5-3-4-6-18(17)20/h3-10H,2,11-14H2,1H3,(H,21,22). The maximum atomic E-state index is 11.9. The third kappa shape index (κ3) is 6.28. The van der Waals surface area contributed by atoms with E-state index in [1.54, 1.807) is 11.8 Å². The number of halogens is 1. The summed E-state index contributed by atoms with van der Waals surface area (Å²) in [5.41, 5.74) is 3.57. The molecule has 23 heavy (non-hydrogen) atoms. The average Bonchev–Trinajstić information content (AvgIpc) is 2.59. The number of benzene rings is 2. The van der Waals surface area contributed by atoms with Gasteiger partial charge in [-0.15, -0.1) is 0 Å². The van der Waals surface area contributed by atoms with Crippen LogP contribution >= 0.6 is 23.4 Å². The first-order valence-corrected chi connectivity index (χ1v) is 9.38. The van der Waals surface area contributed by atoms with Gasteiger partial charge in [0.25, 0.3) is 0 Å². The second-order valence-electron chi connectivity index (χ2n) is 5.34. The van der Waals surface area contributed by atoms with E-state index < -0.39 is 0 Å². The largest absolute Gasteiger partial charge is 0.352 e. The van der Waals surface area contributed by atoms with Gasteiger partial charge in [-0.3, -0.25) is 4.79 Å². The van der Waals surface area contributed by atoms with E-state index in [9.17, 15) is 4.79 Å². The fraction of sp³-hybridized carbons (Fsp3) is 0.316. The molecule has 0 heterocycles. The van der Waals surface area contributed by atoms with E-state index in [4.69, 9.17) is 11.6 Å². The normalized spacial score (nSPS) is 10.5. The molecule has 0 aliphatic rings. The Hall–Kier alpha value is -1.45. The van der Waals surface area contributed by atoms with Gasteiger partial charge in [0.2, 0.25) is 5.91 Å². The predicted molar refractivity (Wildman–Crippen MR) is 99.9 cm³/mol. The molecule has 0 bridgehead atoms. The molecule has 2 rings (SSSR count). The Morgan fingerprint density at radius 1 is 1.09 bits per heavy atom. The maximum Gasteiger partial charge on any atom is 0.221 e. The number of hydrogen-bond acceptors (Lipinski definition) is 2. The van der Waals surface area contributed by atoms with Crippen molar-refractivity contribution in [2.75, 3.05) is 5.75 Å². The molecule has 4 heteroatoms. The summed E-state index contributed by atoms with van der Waals surface area (Å²) in [7, 11) is 0. The van der Waals surface area contributed by atoms with Crippen molar-refractivity contribution in [2.24, 2.45) is 0 Å². The molecule has 0 radical (unpaired) electrons. The quantitative estimate of drug-likeness (QED) is 0.692. The lowest BCUT2D eigenvalue weighted by atomic mass is 10.1. The number of hydrogen-bond donors (Lipinski definition) is 1. The summed E-state index contributed by atoms with van der Waals surface area (Å²) in [5.74, 6) is 1.73. The molecular formula is C19H22ClNOS. The van der Waals surface area contributed by atoms with Gasteiger partial charge in [-0.25, -0.2) is 0 Å². The Labute approximate surface area is 147 Å². The Morgan fingerprint density at radius 3 is 2.48 bits per heavy atom. The summed E-state index contributed by atoms with van der Waals surface area (Å²) in [6.07, 6.45) is 1.57. The number of amides is 1. The van der Waals surface area contributed by atoms with Gasteiger partial charge in [0, 0.05) is 29.5 Å². The van der Waals surface area contributed by atoms with Crippen LogP contribution in [0.3, 0.4) is 0 Å². The molecule has 0 fully saturated rings. The molecule has 0 aromatic heterocycles. The third-order valence-corrected chi connectivity index (χ3v) is 4.99. The summed E-state index contributed by atoms with van der Waals surface area (Å²) in [4.78, 5) is 11.9. The maximum absolute atomic E-state index is 11.9. The zero-order valence-electron chi connectivity index (χ0n) is 13.3. The molecular weight excluding hydrogens is 326 g/mol.